The minimum atomic E-state index is -0.934. The second-order valence-electron chi connectivity index (χ2n) is 4.82. The van der Waals surface area contributed by atoms with E-state index in [1.54, 1.807) is 17.0 Å². The minimum Gasteiger partial charge on any atom is -0.480 e. The smallest absolute Gasteiger partial charge is 0.317 e. The number of para-hydroxylation sites is 1. The number of hydrogen-bond acceptors (Lipinski definition) is 4. The Labute approximate surface area is 119 Å². The quantitative estimate of drug-likeness (QED) is 0.728. The number of nitrogens with one attached hydrogen (secondary N) is 1. The average Bonchev–Trinajstić information content (AvgIpc) is 2.36. The molecule has 0 aliphatic rings. The second kappa shape index (κ2) is 8.29. The molecule has 20 heavy (non-hydrogen) atoms. The van der Waals surface area contributed by atoms with Crippen LogP contribution in [0.1, 0.15) is 0 Å². The topological polar surface area (TPSA) is 72.9 Å². The molecule has 1 aromatic rings. The van der Waals surface area contributed by atoms with Gasteiger partial charge in [-0.2, -0.15) is 0 Å². The third-order valence-corrected chi connectivity index (χ3v) is 2.65. The average molecular weight is 279 g/mol. The van der Waals surface area contributed by atoms with Gasteiger partial charge in [0.15, 0.2) is 0 Å². The first kappa shape index (κ1) is 16.1. The first-order chi connectivity index (χ1) is 9.47. The Morgan fingerprint density at radius 1 is 1.10 bits per heavy atom. The highest BCUT2D eigenvalue weighted by Gasteiger charge is 2.14. The van der Waals surface area contributed by atoms with Crippen molar-refractivity contribution in [2.75, 3.05) is 45.6 Å². The lowest BCUT2D eigenvalue weighted by Gasteiger charge is -2.21. The lowest BCUT2D eigenvalue weighted by molar-refractivity contribution is -0.138. The van der Waals surface area contributed by atoms with Gasteiger partial charge in [-0.1, -0.05) is 18.2 Å². The van der Waals surface area contributed by atoms with E-state index < -0.39 is 5.97 Å². The summed E-state index contributed by atoms with van der Waals surface area (Å²) in [6.07, 6.45) is 0. The van der Waals surface area contributed by atoms with Crippen LogP contribution in [0.3, 0.4) is 0 Å². The number of benzene rings is 1. The van der Waals surface area contributed by atoms with E-state index >= 15 is 0 Å². The molecule has 6 heteroatoms. The predicted octanol–water partition coefficient (Wildman–Crippen LogP) is 0.573. The number of amides is 1. The molecule has 6 nitrogen and oxygen atoms in total. The molecule has 0 heterocycles. The summed E-state index contributed by atoms with van der Waals surface area (Å²) in [5.41, 5.74) is 0.709. The number of rotatable bonds is 8. The number of hydrogen-bond donors (Lipinski definition) is 2. The van der Waals surface area contributed by atoms with E-state index in [0.717, 1.165) is 0 Å². The van der Waals surface area contributed by atoms with E-state index in [2.05, 4.69) is 5.32 Å². The summed E-state index contributed by atoms with van der Waals surface area (Å²) < 4.78 is 0. The van der Waals surface area contributed by atoms with Crippen molar-refractivity contribution in [3.05, 3.63) is 30.3 Å². The fraction of sp³-hybridized carbons (Fsp3) is 0.429. The summed E-state index contributed by atoms with van der Waals surface area (Å²) >= 11 is 0. The first-order valence-electron chi connectivity index (χ1n) is 6.41. The van der Waals surface area contributed by atoms with Gasteiger partial charge in [0.25, 0.3) is 0 Å². The summed E-state index contributed by atoms with van der Waals surface area (Å²) in [7, 11) is 3.81. The fourth-order valence-electron chi connectivity index (χ4n) is 1.67. The summed E-state index contributed by atoms with van der Waals surface area (Å²) in [4.78, 5) is 26.3. The number of carbonyl (C=O) groups is 2. The van der Waals surface area contributed by atoms with Crippen LogP contribution in [0.5, 0.6) is 0 Å². The molecule has 0 aromatic heterocycles. The molecule has 0 unspecified atom stereocenters. The van der Waals surface area contributed by atoms with E-state index in [-0.39, 0.29) is 19.0 Å². The van der Waals surface area contributed by atoms with Crippen molar-refractivity contribution >= 4 is 17.6 Å². The van der Waals surface area contributed by atoms with Gasteiger partial charge in [0.2, 0.25) is 5.91 Å². The molecule has 2 N–H and O–H groups in total. The molecule has 0 fully saturated rings. The zero-order valence-electron chi connectivity index (χ0n) is 11.9. The molecular formula is C14H21N3O3. The van der Waals surface area contributed by atoms with Crippen LogP contribution in [-0.4, -0.2) is 67.1 Å². The lowest BCUT2D eigenvalue weighted by atomic mass is 10.3. The van der Waals surface area contributed by atoms with Crippen LogP contribution in [0.2, 0.25) is 0 Å². The van der Waals surface area contributed by atoms with Crippen LogP contribution >= 0.6 is 0 Å². The summed E-state index contributed by atoms with van der Waals surface area (Å²) in [5, 5.41) is 11.6. The SMILES string of the molecule is CN(C)CCN(CC(=O)O)CC(=O)Nc1ccccc1. The van der Waals surface area contributed by atoms with Crippen molar-refractivity contribution in [2.24, 2.45) is 0 Å². The Morgan fingerprint density at radius 2 is 1.75 bits per heavy atom. The largest absolute Gasteiger partial charge is 0.480 e. The van der Waals surface area contributed by atoms with E-state index in [1.807, 2.05) is 37.2 Å². The van der Waals surface area contributed by atoms with E-state index in [9.17, 15) is 9.59 Å². The van der Waals surface area contributed by atoms with Crippen LogP contribution in [0.15, 0.2) is 30.3 Å². The van der Waals surface area contributed by atoms with Crippen molar-refractivity contribution in [2.45, 2.75) is 0 Å². The Kier molecular flexibility index (Phi) is 6.69. The van der Waals surface area contributed by atoms with Gasteiger partial charge in [0.1, 0.15) is 0 Å². The second-order valence-corrected chi connectivity index (χ2v) is 4.82. The predicted molar refractivity (Wildman–Crippen MR) is 77.7 cm³/mol. The van der Waals surface area contributed by atoms with Crippen LogP contribution in [0.4, 0.5) is 5.69 Å². The Hall–Kier alpha value is -1.92. The number of aliphatic carboxylic acids is 1. The molecule has 0 bridgehead atoms. The van der Waals surface area contributed by atoms with Gasteiger partial charge in [-0.3, -0.25) is 14.5 Å². The molecule has 0 spiro atoms. The highest BCUT2D eigenvalue weighted by Crippen LogP contribution is 2.04. The van der Waals surface area contributed by atoms with E-state index in [0.29, 0.717) is 18.8 Å². The van der Waals surface area contributed by atoms with Crippen LogP contribution in [0.25, 0.3) is 0 Å². The molecule has 1 amide bonds. The van der Waals surface area contributed by atoms with E-state index in [4.69, 9.17) is 5.11 Å². The number of likely N-dealkylation sites (N-methyl/N-ethyl adjacent to an activating group) is 1. The maximum atomic E-state index is 11.9. The van der Waals surface area contributed by atoms with Gasteiger partial charge < -0.3 is 15.3 Å². The number of carboxylic acid groups (broad SMARTS) is 1. The van der Waals surface area contributed by atoms with Crippen LogP contribution in [0, 0.1) is 0 Å². The summed E-state index contributed by atoms with van der Waals surface area (Å²) in [6.45, 7) is 1.15. The molecule has 0 saturated heterocycles. The van der Waals surface area contributed by atoms with Gasteiger partial charge in [-0.05, 0) is 26.2 Å². The van der Waals surface area contributed by atoms with Crippen molar-refractivity contribution in [3.63, 3.8) is 0 Å². The van der Waals surface area contributed by atoms with Gasteiger partial charge in [0.05, 0.1) is 13.1 Å². The number of anilines is 1. The molecule has 110 valence electrons. The van der Waals surface area contributed by atoms with Gasteiger partial charge in [-0.15, -0.1) is 0 Å². The maximum absolute atomic E-state index is 11.9. The Bertz CT molecular complexity index is 435. The molecule has 0 aliphatic heterocycles. The molecule has 0 atom stereocenters. The maximum Gasteiger partial charge on any atom is 0.317 e. The highest BCUT2D eigenvalue weighted by molar-refractivity contribution is 5.92. The molecule has 0 saturated carbocycles. The van der Waals surface area contributed by atoms with Crippen molar-refractivity contribution < 1.29 is 14.7 Å². The van der Waals surface area contributed by atoms with Gasteiger partial charge in [0, 0.05) is 18.8 Å². The van der Waals surface area contributed by atoms with Gasteiger partial charge in [-0.25, -0.2) is 0 Å². The first-order valence-corrected chi connectivity index (χ1v) is 6.41. The summed E-state index contributed by atoms with van der Waals surface area (Å²) in [6, 6.07) is 9.11. The number of nitrogens with zero attached hydrogens (tertiary/aromatic N) is 2. The third-order valence-electron chi connectivity index (χ3n) is 2.65. The van der Waals surface area contributed by atoms with E-state index in [1.165, 1.54) is 0 Å². The van der Waals surface area contributed by atoms with Crippen molar-refractivity contribution in [3.8, 4) is 0 Å². The third kappa shape index (κ3) is 6.86. The number of carbonyl (C=O) groups excluding carboxylic acids is 1. The molecule has 1 rings (SSSR count). The molecular weight excluding hydrogens is 258 g/mol. The molecule has 1 aromatic carbocycles. The van der Waals surface area contributed by atoms with Gasteiger partial charge >= 0.3 is 5.97 Å². The summed E-state index contributed by atoms with van der Waals surface area (Å²) in [5.74, 6) is -1.15. The highest BCUT2D eigenvalue weighted by atomic mass is 16.4. The standard InChI is InChI=1S/C14H21N3O3/c1-16(2)8-9-17(11-14(19)20)10-13(18)15-12-6-4-3-5-7-12/h3-7H,8-11H2,1-2H3,(H,15,18)(H,19,20). The molecule has 0 aliphatic carbocycles. The number of carboxylic acids is 1. The van der Waals surface area contributed by atoms with Crippen LogP contribution < -0.4 is 5.32 Å². The fourth-order valence-corrected chi connectivity index (χ4v) is 1.67. The normalized spacial score (nSPS) is 10.8. The monoisotopic (exact) mass is 279 g/mol. The minimum absolute atomic E-state index is 0.0645. The Balaban J connectivity index is 2.50. The Morgan fingerprint density at radius 3 is 2.30 bits per heavy atom. The molecule has 0 radical (unpaired) electrons. The lowest BCUT2D eigenvalue weighted by Crippen LogP contribution is -2.40. The zero-order valence-corrected chi connectivity index (χ0v) is 11.9. The van der Waals surface area contributed by atoms with Crippen LogP contribution in [-0.2, 0) is 9.59 Å². The van der Waals surface area contributed by atoms with Crippen molar-refractivity contribution in [1.29, 1.82) is 0 Å². The zero-order chi connectivity index (χ0) is 15.0. The van der Waals surface area contributed by atoms with Crippen molar-refractivity contribution in [1.82, 2.24) is 9.80 Å².